The molecule has 0 heterocycles. The van der Waals surface area contributed by atoms with Crippen LogP contribution in [0.3, 0.4) is 0 Å². The van der Waals surface area contributed by atoms with Crippen molar-refractivity contribution >= 4 is 22.0 Å². The van der Waals surface area contributed by atoms with Gasteiger partial charge in [-0.1, -0.05) is 0 Å². The fraction of sp³-hybridized carbons (Fsp3) is 0.800. The lowest BCUT2D eigenvalue weighted by molar-refractivity contribution is -0.142. The molecule has 0 aromatic rings. The van der Waals surface area contributed by atoms with Gasteiger partial charge in [-0.05, 0) is 26.2 Å². The van der Waals surface area contributed by atoms with Crippen LogP contribution >= 0.6 is 0 Å². The molecule has 1 aliphatic carbocycles. The molecular weight excluding hydrogens is 262 g/mol. The van der Waals surface area contributed by atoms with Crippen molar-refractivity contribution in [2.24, 2.45) is 5.92 Å². The highest BCUT2D eigenvalue weighted by atomic mass is 32.2. The third kappa shape index (κ3) is 3.42. The molecule has 0 amide bonds. The van der Waals surface area contributed by atoms with Crippen LogP contribution in [0.25, 0.3) is 0 Å². The van der Waals surface area contributed by atoms with Gasteiger partial charge in [-0.15, -0.1) is 0 Å². The van der Waals surface area contributed by atoms with Gasteiger partial charge >= 0.3 is 11.9 Å². The third-order valence-electron chi connectivity index (χ3n) is 3.11. The van der Waals surface area contributed by atoms with Gasteiger partial charge < -0.3 is 9.84 Å². The molecule has 0 bridgehead atoms. The minimum absolute atomic E-state index is 0.252. The van der Waals surface area contributed by atoms with E-state index in [1.54, 1.807) is 0 Å². The lowest BCUT2D eigenvalue weighted by Crippen LogP contribution is -2.42. The van der Waals surface area contributed by atoms with Crippen LogP contribution in [0.2, 0.25) is 0 Å². The Morgan fingerprint density at radius 2 is 2.00 bits per heavy atom. The van der Waals surface area contributed by atoms with E-state index in [4.69, 9.17) is 5.11 Å². The van der Waals surface area contributed by atoms with Crippen molar-refractivity contribution in [1.82, 2.24) is 4.72 Å². The molecule has 0 radical (unpaired) electrons. The predicted octanol–water partition coefficient (Wildman–Crippen LogP) is -0.279. The summed E-state index contributed by atoms with van der Waals surface area (Å²) in [5, 5.41) is 7.51. The van der Waals surface area contributed by atoms with Crippen LogP contribution in [0, 0.1) is 5.92 Å². The van der Waals surface area contributed by atoms with Gasteiger partial charge in [0, 0.05) is 6.04 Å². The Balaban J connectivity index is 2.63. The molecule has 104 valence electrons. The second-order valence-corrected chi connectivity index (χ2v) is 6.41. The average molecular weight is 279 g/mol. The number of carboxylic acid groups (broad SMARTS) is 1. The summed E-state index contributed by atoms with van der Waals surface area (Å²) < 4.78 is 30.3. The zero-order valence-corrected chi connectivity index (χ0v) is 11.1. The van der Waals surface area contributed by atoms with Crippen LogP contribution in [-0.4, -0.2) is 43.9 Å². The maximum atomic E-state index is 11.8. The number of carbonyl (C=O) groups is 2. The number of aliphatic carboxylic acids is 1. The highest BCUT2D eigenvalue weighted by Crippen LogP contribution is 2.26. The van der Waals surface area contributed by atoms with Crippen LogP contribution < -0.4 is 4.72 Å². The van der Waals surface area contributed by atoms with Crippen molar-refractivity contribution in [1.29, 1.82) is 0 Å². The van der Waals surface area contributed by atoms with Gasteiger partial charge in [-0.3, -0.25) is 9.59 Å². The number of hydrogen-bond acceptors (Lipinski definition) is 5. The molecule has 8 heteroatoms. The van der Waals surface area contributed by atoms with Gasteiger partial charge in [0.1, 0.15) is 0 Å². The van der Waals surface area contributed by atoms with Crippen LogP contribution in [0.4, 0.5) is 0 Å². The lowest BCUT2D eigenvalue weighted by atomic mass is 10.1. The molecule has 0 aromatic carbocycles. The van der Waals surface area contributed by atoms with Crippen molar-refractivity contribution in [2.75, 3.05) is 7.11 Å². The molecule has 0 spiro atoms. The summed E-state index contributed by atoms with van der Waals surface area (Å²) in [5.41, 5.74) is 0. The fourth-order valence-corrected chi connectivity index (χ4v) is 3.17. The third-order valence-corrected chi connectivity index (χ3v) is 4.90. The van der Waals surface area contributed by atoms with E-state index in [1.807, 2.05) is 0 Å². The highest BCUT2D eigenvalue weighted by Gasteiger charge is 2.35. The summed E-state index contributed by atoms with van der Waals surface area (Å²) in [4.78, 5) is 21.9. The first-order valence-corrected chi connectivity index (χ1v) is 7.14. The maximum Gasteiger partial charge on any atom is 0.325 e. The van der Waals surface area contributed by atoms with Gasteiger partial charge in [-0.25, -0.2) is 13.1 Å². The smallest absolute Gasteiger partial charge is 0.325 e. The normalized spacial score (nSPS) is 25.7. The highest BCUT2D eigenvalue weighted by molar-refractivity contribution is 7.90. The molecular formula is C10H17NO6S. The Labute approximate surface area is 106 Å². The number of ether oxygens (including phenoxy) is 1. The number of hydrogen-bond donors (Lipinski definition) is 2. The minimum atomic E-state index is -3.82. The van der Waals surface area contributed by atoms with E-state index in [2.05, 4.69) is 9.46 Å². The SMILES string of the molecule is COC(=O)C(C)S(=O)(=O)NC1CCC(C(=O)O)C1. The van der Waals surface area contributed by atoms with Gasteiger partial charge in [0.25, 0.3) is 0 Å². The number of carboxylic acids is 1. The number of nitrogens with one attached hydrogen (secondary N) is 1. The maximum absolute atomic E-state index is 11.8. The van der Waals surface area contributed by atoms with E-state index in [0.29, 0.717) is 12.8 Å². The molecule has 1 aliphatic rings. The molecule has 3 atom stereocenters. The second kappa shape index (κ2) is 5.66. The Hall–Kier alpha value is -1.15. The summed E-state index contributed by atoms with van der Waals surface area (Å²) >= 11 is 0. The molecule has 0 aliphatic heterocycles. The van der Waals surface area contributed by atoms with Gasteiger partial charge in [-0.2, -0.15) is 0 Å². The van der Waals surface area contributed by atoms with E-state index in [-0.39, 0.29) is 6.42 Å². The van der Waals surface area contributed by atoms with Gasteiger partial charge in [0.2, 0.25) is 10.0 Å². The fourth-order valence-electron chi connectivity index (χ4n) is 1.94. The summed E-state index contributed by atoms with van der Waals surface area (Å²) in [6.45, 7) is 1.23. The lowest BCUT2D eigenvalue weighted by Gasteiger charge is -2.16. The van der Waals surface area contributed by atoms with E-state index >= 15 is 0 Å². The quantitative estimate of drug-likeness (QED) is 0.670. The Morgan fingerprint density at radius 3 is 2.44 bits per heavy atom. The van der Waals surface area contributed by atoms with Crippen LogP contribution in [-0.2, 0) is 24.3 Å². The monoisotopic (exact) mass is 279 g/mol. The summed E-state index contributed by atoms with van der Waals surface area (Å²) in [5.74, 6) is -2.28. The van der Waals surface area contributed by atoms with Crippen molar-refractivity contribution in [3.63, 3.8) is 0 Å². The predicted molar refractivity (Wildman–Crippen MR) is 62.3 cm³/mol. The van der Waals surface area contributed by atoms with Gasteiger partial charge in [0.15, 0.2) is 5.25 Å². The first kappa shape index (κ1) is 14.9. The molecule has 1 rings (SSSR count). The minimum Gasteiger partial charge on any atom is -0.481 e. The summed E-state index contributed by atoms with van der Waals surface area (Å²) in [6, 6.07) is -0.428. The Bertz CT molecular complexity index is 432. The molecule has 7 nitrogen and oxygen atoms in total. The molecule has 2 N–H and O–H groups in total. The zero-order valence-electron chi connectivity index (χ0n) is 10.3. The number of rotatable bonds is 5. The van der Waals surface area contributed by atoms with Crippen molar-refractivity contribution in [3.8, 4) is 0 Å². The molecule has 1 fully saturated rings. The topological polar surface area (TPSA) is 110 Å². The Morgan fingerprint density at radius 1 is 1.39 bits per heavy atom. The van der Waals surface area contributed by atoms with E-state index in [1.165, 1.54) is 6.92 Å². The molecule has 3 unspecified atom stereocenters. The van der Waals surface area contributed by atoms with Crippen LogP contribution in [0.15, 0.2) is 0 Å². The van der Waals surface area contributed by atoms with Crippen molar-refractivity contribution < 1.29 is 27.9 Å². The van der Waals surface area contributed by atoms with Crippen LogP contribution in [0.5, 0.6) is 0 Å². The zero-order chi connectivity index (χ0) is 13.9. The van der Waals surface area contributed by atoms with Crippen molar-refractivity contribution in [3.05, 3.63) is 0 Å². The average Bonchev–Trinajstić information content (AvgIpc) is 2.74. The number of esters is 1. The largest absolute Gasteiger partial charge is 0.481 e. The van der Waals surface area contributed by atoms with E-state index < -0.39 is 39.2 Å². The number of carbonyl (C=O) groups excluding carboxylic acids is 1. The first-order valence-electron chi connectivity index (χ1n) is 5.59. The van der Waals surface area contributed by atoms with Crippen molar-refractivity contribution in [2.45, 2.75) is 37.5 Å². The second-order valence-electron chi connectivity index (χ2n) is 4.37. The van der Waals surface area contributed by atoms with Crippen LogP contribution in [0.1, 0.15) is 26.2 Å². The molecule has 0 aromatic heterocycles. The molecule has 18 heavy (non-hydrogen) atoms. The van der Waals surface area contributed by atoms with Gasteiger partial charge in [0.05, 0.1) is 13.0 Å². The Kier molecular flexibility index (Phi) is 4.69. The first-order chi connectivity index (χ1) is 8.27. The number of methoxy groups -OCH3 is 1. The summed E-state index contributed by atoms with van der Waals surface area (Å²) in [7, 11) is -2.71. The molecule has 0 saturated heterocycles. The standard InChI is InChI=1S/C10H17NO6S/c1-6(10(14)17-2)18(15,16)11-8-4-3-7(5-8)9(12)13/h6-8,11H,3-5H2,1-2H3,(H,12,13). The van der Waals surface area contributed by atoms with E-state index in [0.717, 1.165) is 7.11 Å². The van der Waals surface area contributed by atoms with E-state index in [9.17, 15) is 18.0 Å². The summed E-state index contributed by atoms with van der Waals surface area (Å²) in [6.07, 6.45) is 1.15. The molecule has 1 saturated carbocycles. The number of sulfonamides is 1.